The van der Waals surface area contributed by atoms with Gasteiger partial charge in [-0.25, -0.2) is 8.42 Å². The van der Waals surface area contributed by atoms with E-state index in [4.69, 9.17) is 9.47 Å². The van der Waals surface area contributed by atoms with Gasteiger partial charge in [0.2, 0.25) is 22.7 Å². The van der Waals surface area contributed by atoms with Gasteiger partial charge in [-0.05, 0) is 30.7 Å². The third-order valence-corrected chi connectivity index (χ3v) is 7.88. The highest BCUT2D eigenvalue weighted by Gasteiger charge is 2.52. The van der Waals surface area contributed by atoms with Crippen LogP contribution in [0.15, 0.2) is 41.6 Å². The van der Waals surface area contributed by atoms with Gasteiger partial charge in [-0.1, -0.05) is 0 Å². The van der Waals surface area contributed by atoms with Crippen LogP contribution in [0.4, 0.5) is 5.69 Å². The number of pyridine rings is 1. The average molecular weight is 401 g/mol. The topological polar surface area (TPSA) is 89.0 Å². The van der Waals surface area contributed by atoms with E-state index in [2.05, 4.69) is 4.98 Å². The predicted octanol–water partition coefficient (Wildman–Crippen LogP) is 1.58. The largest absolute Gasteiger partial charge is 0.454 e. The van der Waals surface area contributed by atoms with Gasteiger partial charge in [0.05, 0.1) is 10.8 Å². The van der Waals surface area contributed by atoms with Crippen LogP contribution in [0.2, 0.25) is 0 Å². The molecule has 146 valence electrons. The zero-order valence-corrected chi connectivity index (χ0v) is 16.2. The maximum Gasteiger partial charge on any atom is 0.243 e. The number of nitrogens with zero attached hydrogens (tertiary/aromatic N) is 3. The van der Waals surface area contributed by atoms with Crippen LogP contribution < -0.4 is 14.4 Å². The van der Waals surface area contributed by atoms with Crippen LogP contribution in [0.3, 0.4) is 0 Å². The molecule has 0 N–H and O–H groups in total. The van der Waals surface area contributed by atoms with Gasteiger partial charge in [0.1, 0.15) is 0 Å². The van der Waals surface area contributed by atoms with Crippen LogP contribution in [0.1, 0.15) is 18.4 Å². The highest BCUT2D eigenvalue weighted by atomic mass is 32.2. The number of rotatable bonds is 2. The van der Waals surface area contributed by atoms with Crippen LogP contribution in [-0.2, 0) is 14.8 Å². The van der Waals surface area contributed by atoms with Crippen molar-refractivity contribution in [2.45, 2.75) is 23.8 Å². The van der Waals surface area contributed by atoms with Crippen molar-refractivity contribution >= 4 is 21.6 Å². The Morgan fingerprint density at radius 2 is 1.96 bits per heavy atom. The SMILES string of the molecule is C[C@@H]1[C@H]2c3cnccc3N(C)C(=O)[C@H]2CN1S(=O)(=O)c1ccc2c(c1)OCO2. The summed E-state index contributed by atoms with van der Waals surface area (Å²) in [5.41, 5.74) is 1.70. The van der Waals surface area contributed by atoms with Crippen molar-refractivity contribution in [1.29, 1.82) is 0 Å². The van der Waals surface area contributed by atoms with E-state index in [1.54, 1.807) is 36.5 Å². The van der Waals surface area contributed by atoms with Crippen LogP contribution in [-0.4, -0.2) is 50.0 Å². The second kappa shape index (κ2) is 5.92. The molecule has 3 aliphatic rings. The van der Waals surface area contributed by atoms with Gasteiger partial charge in [-0.3, -0.25) is 9.78 Å². The minimum absolute atomic E-state index is 0.0704. The zero-order chi connectivity index (χ0) is 19.6. The van der Waals surface area contributed by atoms with E-state index < -0.39 is 15.9 Å². The lowest BCUT2D eigenvalue weighted by atomic mass is 9.81. The minimum Gasteiger partial charge on any atom is -0.454 e. The van der Waals surface area contributed by atoms with Crippen molar-refractivity contribution in [3.63, 3.8) is 0 Å². The summed E-state index contributed by atoms with van der Waals surface area (Å²) in [6.07, 6.45) is 3.38. The molecule has 5 rings (SSSR count). The van der Waals surface area contributed by atoms with E-state index in [0.717, 1.165) is 11.3 Å². The molecule has 3 aliphatic heterocycles. The molecule has 1 saturated heterocycles. The average Bonchev–Trinajstić information content (AvgIpc) is 3.30. The standard InChI is InChI=1S/C19H19N3O5S/c1-11-18-13-8-20-6-5-15(13)21(2)19(23)14(18)9-22(11)28(24,25)12-3-4-16-17(7-12)27-10-26-16/h3-8,11,14,18H,9-10H2,1-2H3/t11-,14+,18+/m1/s1. The molecule has 1 fully saturated rings. The molecule has 0 unspecified atom stereocenters. The smallest absolute Gasteiger partial charge is 0.243 e. The van der Waals surface area contributed by atoms with Gasteiger partial charge >= 0.3 is 0 Å². The summed E-state index contributed by atoms with van der Waals surface area (Å²) < 4.78 is 38.8. The van der Waals surface area contributed by atoms with Gasteiger partial charge in [0, 0.05) is 49.7 Å². The van der Waals surface area contributed by atoms with Crippen LogP contribution in [0.25, 0.3) is 0 Å². The number of hydrogen-bond donors (Lipinski definition) is 0. The Balaban J connectivity index is 1.56. The van der Waals surface area contributed by atoms with Gasteiger partial charge in [0.15, 0.2) is 11.5 Å². The molecule has 9 heteroatoms. The molecular weight excluding hydrogens is 382 g/mol. The monoisotopic (exact) mass is 401 g/mol. The minimum atomic E-state index is -3.80. The molecule has 1 amide bonds. The van der Waals surface area contributed by atoms with Crippen LogP contribution in [0, 0.1) is 5.92 Å². The number of carbonyl (C=O) groups excluding carboxylic acids is 1. The summed E-state index contributed by atoms with van der Waals surface area (Å²) in [5, 5.41) is 0. The van der Waals surface area contributed by atoms with Crippen molar-refractivity contribution in [3.8, 4) is 11.5 Å². The predicted molar refractivity (Wildman–Crippen MR) is 99.8 cm³/mol. The third kappa shape index (κ3) is 2.29. The first-order valence-corrected chi connectivity index (χ1v) is 10.5. The van der Waals surface area contributed by atoms with Gasteiger partial charge in [-0.15, -0.1) is 0 Å². The fourth-order valence-corrected chi connectivity index (χ4v) is 6.21. The molecule has 3 atom stereocenters. The lowest BCUT2D eigenvalue weighted by Gasteiger charge is -2.34. The maximum absolute atomic E-state index is 13.4. The Hall–Kier alpha value is -2.65. The number of carbonyl (C=O) groups is 1. The van der Waals surface area contributed by atoms with E-state index >= 15 is 0 Å². The highest BCUT2D eigenvalue weighted by Crippen LogP contribution is 2.48. The van der Waals surface area contributed by atoms with E-state index in [0.29, 0.717) is 11.5 Å². The molecule has 1 aromatic carbocycles. The first kappa shape index (κ1) is 17.4. The number of sulfonamides is 1. The van der Waals surface area contributed by atoms with Crippen molar-refractivity contribution in [3.05, 3.63) is 42.2 Å². The van der Waals surface area contributed by atoms with E-state index in [-0.39, 0.29) is 36.1 Å². The summed E-state index contributed by atoms with van der Waals surface area (Å²) in [6.45, 7) is 2.07. The van der Waals surface area contributed by atoms with Gasteiger partial charge < -0.3 is 14.4 Å². The summed E-state index contributed by atoms with van der Waals surface area (Å²) >= 11 is 0. The van der Waals surface area contributed by atoms with Crippen molar-refractivity contribution < 1.29 is 22.7 Å². The van der Waals surface area contributed by atoms with E-state index in [9.17, 15) is 13.2 Å². The first-order chi connectivity index (χ1) is 13.4. The van der Waals surface area contributed by atoms with Gasteiger partial charge in [-0.2, -0.15) is 4.31 Å². The Morgan fingerprint density at radius 3 is 2.79 bits per heavy atom. The van der Waals surface area contributed by atoms with Gasteiger partial charge in [0.25, 0.3) is 0 Å². The van der Waals surface area contributed by atoms with E-state index in [1.165, 1.54) is 16.4 Å². The summed E-state index contributed by atoms with van der Waals surface area (Å²) in [7, 11) is -2.09. The molecule has 4 heterocycles. The Labute approximate surface area is 162 Å². The Kier molecular flexibility index (Phi) is 3.69. The fourth-order valence-electron chi connectivity index (χ4n) is 4.52. The first-order valence-electron chi connectivity index (χ1n) is 9.02. The summed E-state index contributed by atoms with van der Waals surface area (Å²) in [5.74, 6) is 0.213. The van der Waals surface area contributed by atoms with Crippen LogP contribution >= 0.6 is 0 Å². The molecule has 0 bridgehead atoms. The number of amides is 1. The quantitative estimate of drug-likeness (QED) is 0.759. The molecule has 0 spiro atoms. The Bertz CT molecular complexity index is 1090. The summed E-state index contributed by atoms with van der Waals surface area (Å²) in [4.78, 5) is 18.9. The number of benzene rings is 1. The lowest BCUT2D eigenvalue weighted by molar-refractivity contribution is -0.122. The lowest BCUT2D eigenvalue weighted by Crippen LogP contribution is -2.41. The maximum atomic E-state index is 13.4. The number of aromatic nitrogens is 1. The second-order valence-electron chi connectivity index (χ2n) is 7.29. The number of ether oxygens (including phenoxy) is 2. The van der Waals surface area contributed by atoms with Crippen molar-refractivity contribution in [1.82, 2.24) is 9.29 Å². The molecule has 2 aromatic rings. The number of anilines is 1. The van der Waals surface area contributed by atoms with Crippen molar-refractivity contribution in [2.75, 3.05) is 25.3 Å². The number of hydrogen-bond acceptors (Lipinski definition) is 6. The molecule has 28 heavy (non-hydrogen) atoms. The molecule has 0 saturated carbocycles. The molecule has 0 aliphatic carbocycles. The second-order valence-corrected chi connectivity index (χ2v) is 9.18. The zero-order valence-electron chi connectivity index (χ0n) is 15.4. The Morgan fingerprint density at radius 1 is 1.18 bits per heavy atom. The molecular formula is C19H19N3O5S. The van der Waals surface area contributed by atoms with Crippen LogP contribution in [0.5, 0.6) is 11.5 Å². The summed E-state index contributed by atoms with van der Waals surface area (Å²) in [6, 6.07) is 6.02. The third-order valence-electron chi connectivity index (χ3n) is 5.93. The highest BCUT2D eigenvalue weighted by molar-refractivity contribution is 7.89. The molecule has 1 aromatic heterocycles. The fraction of sp³-hybridized carbons (Fsp3) is 0.368. The van der Waals surface area contributed by atoms with E-state index in [1.807, 2.05) is 6.92 Å². The molecule has 8 nitrogen and oxygen atoms in total. The molecule has 0 radical (unpaired) electrons. The number of fused-ring (bicyclic) bond motifs is 4. The van der Waals surface area contributed by atoms with Crippen molar-refractivity contribution in [2.24, 2.45) is 5.92 Å². The normalized spacial score (nSPS) is 26.3.